The van der Waals surface area contributed by atoms with Gasteiger partial charge in [-0.05, 0) is 94.0 Å². The topological polar surface area (TPSA) is 8.17 Å². The molecule has 0 unspecified atom stereocenters. The fourth-order valence-corrected chi connectivity index (χ4v) is 11.0. The van der Waals surface area contributed by atoms with Gasteiger partial charge in [-0.25, -0.2) is 0 Å². The van der Waals surface area contributed by atoms with Crippen molar-refractivity contribution in [1.82, 2.24) is 4.57 Å². The summed E-state index contributed by atoms with van der Waals surface area (Å²) in [4.78, 5) is 2.42. The SMILES string of the molecule is c1ccc(N(c2ccc3c(c2)-c2ccccc2C3(c2ccccc2)c2ccccc2)c2ccc3c(c2)sc2cc(-n4c5ccccc5c5ccccc54)ccc23)cc1. The zero-order valence-corrected chi connectivity index (χ0v) is 32.4. The maximum absolute atomic E-state index is 2.42. The van der Waals surface area contributed by atoms with Crippen molar-refractivity contribution in [2.24, 2.45) is 0 Å². The van der Waals surface area contributed by atoms with E-state index in [0.29, 0.717) is 0 Å². The summed E-state index contributed by atoms with van der Waals surface area (Å²) in [6, 6.07) is 80.4. The van der Waals surface area contributed by atoms with Crippen LogP contribution in [0.2, 0.25) is 0 Å². The number of benzene rings is 9. The van der Waals surface area contributed by atoms with Gasteiger partial charge < -0.3 is 9.47 Å². The molecule has 0 saturated carbocycles. The lowest BCUT2D eigenvalue weighted by molar-refractivity contribution is 0.768. The minimum Gasteiger partial charge on any atom is -0.310 e. The van der Waals surface area contributed by atoms with E-state index in [2.05, 4.69) is 228 Å². The average molecular weight is 757 g/mol. The van der Waals surface area contributed by atoms with Gasteiger partial charge >= 0.3 is 0 Å². The van der Waals surface area contributed by atoms with Gasteiger partial charge in [-0.1, -0.05) is 158 Å². The van der Waals surface area contributed by atoms with E-state index in [-0.39, 0.29) is 0 Å². The Bertz CT molecular complexity index is 3250. The first-order valence-electron chi connectivity index (χ1n) is 19.9. The van der Waals surface area contributed by atoms with Crippen LogP contribution in [0.4, 0.5) is 17.1 Å². The van der Waals surface area contributed by atoms with Crippen molar-refractivity contribution < 1.29 is 0 Å². The molecule has 0 amide bonds. The van der Waals surface area contributed by atoms with Crippen LogP contribution in [0.25, 0.3) is 58.8 Å². The largest absolute Gasteiger partial charge is 0.310 e. The minimum absolute atomic E-state index is 0.432. The summed E-state index contributed by atoms with van der Waals surface area (Å²) in [6.07, 6.45) is 0. The van der Waals surface area contributed by atoms with E-state index in [1.54, 1.807) is 0 Å². The molecule has 1 aliphatic carbocycles. The molecule has 0 aliphatic heterocycles. The van der Waals surface area contributed by atoms with E-state index >= 15 is 0 Å². The van der Waals surface area contributed by atoms with Crippen molar-refractivity contribution in [3.8, 4) is 16.8 Å². The normalized spacial score (nSPS) is 13.0. The Balaban J connectivity index is 1.02. The van der Waals surface area contributed by atoms with Gasteiger partial charge in [-0.15, -0.1) is 11.3 Å². The highest BCUT2D eigenvalue weighted by atomic mass is 32.1. The highest BCUT2D eigenvalue weighted by molar-refractivity contribution is 7.25. The fourth-order valence-electron chi connectivity index (χ4n) is 9.83. The predicted molar refractivity (Wildman–Crippen MR) is 246 cm³/mol. The number of anilines is 3. The van der Waals surface area contributed by atoms with E-state index < -0.39 is 5.41 Å². The molecule has 0 bridgehead atoms. The van der Waals surface area contributed by atoms with Crippen molar-refractivity contribution in [2.45, 2.75) is 5.41 Å². The van der Waals surface area contributed by atoms with Crippen LogP contribution in [0.15, 0.2) is 218 Å². The van der Waals surface area contributed by atoms with Crippen LogP contribution in [0.1, 0.15) is 22.3 Å². The van der Waals surface area contributed by atoms with Crippen LogP contribution >= 0.6 is 11.3 Å². The lowest BCUT2D eigenvalue weighted by Gasteiger charge is -2.34. The number of nitrogens with zero attached hydrogens (tertiary/aromatic N) is 2. The fraction of sp³-hybridized carbons (Fsp3) is 0.0182. The molecular formula is C55H36N2S. The first kappa shape index (κ1) is 33.0. The summed E-state index contributed by atoms with van der Waals surface area (Å²) in [7, 11) is 0. The molecular weight excluding hydrogens is 721 g/mol. The van der Waals surface area contributed by atoms with Crippen LogP contribution in [-0.2, 0) is 5.41 Å². The van der Waals surface area contributed by atoms with Crippen LogP contribution in [0.5, 0.6) is 0 Å². The van der Waals surface area contributed by atoms with Crippen LogP contribution in [0.3, 0.4) is 0 Å². The number of rotatable bonds is 6. The Kier molecular flexibility index (Phi) is 7.35. The van der Waals surface area contributed by atoms with E-state index in [1.165, 1.54) is 81.0 Å². The molecule has 3 heteroatoms. The summed E-state index contributed by atoms with van der Waals surface area (Å²) < 4.78 is 4.96. The maximum atomic E-state index is 2.42. The van der Waals surface area contributed by atoms with Gasteiger partial charge in [0.15, 0.2) is 0 Å². The predicted octanol–water partition coefficient (Wildman–Crippen LogP) is 15.0. The average Bonchev–Trinajstić information content (AvgIpc) is 3.93. The van der Waals surface area contributed by atoms with Crippen molar-refractivity contribution in [3.63, 3.8) is 0 Å². The summed E-state index contributed by atoms with van der Waals surface area (Å²) in [6.45, 7) is 0. The summed E-state index contributed by atoms with van der Waals surface area (Å²) >= 11 is 1.87. The zero-order chi connectivity index (χ0) is 38.2. The second kappa shape index (κ2) is 12.9. The Morgan fingerprint density at radius 1 is 0.362 bits per heavy atom. The van der Waals surface area contributed by atoms with Gasteiger partial charge in [0, 0.05) is 53.7 Å². The second-order valence-electron chi connectivity index (χ2n) is 15.3. The van der Waals surface area contributed by atoms with Gasteiger partial charge in [0.25, 0.3) is 0 Å². The van der Waals surface area contributed by atoms with Crippen molar-refractivity contribution in [1.29, 1.82) is 0 Å². The van der Waals surface area contributed by atoms with Crippen molar-refractivity contribution in [3.05, 3.63) is 241 Å². The number of aromatic nitrogens is 1. The minimum atomic E-state index is -0.432. The molecule has 2 nitrogen and oxygen atoms in total. The molecule has 0 spiro atoms. The van der Waals surface area contributed by atoms with E-state index in [4.69, 9.17) is 0 Å². The molecule has 0 fully saturated rings. The van der Waals surface area contributed by atoms with Gasteiger partial charge in [0.1, 0.15) is 0 Å². The second-order valence-corrected chi connectivity index (χ2v) is 16.3. The highest BCUT2D eigenvalue weighted by Gasteiger charge is 2.46. The van der Waals surface area contributed by atoms with Crippen LogP contribution in [0, 0.1) is 0 Å². The molecule has 0 N–H and O–H groups in total. The lowest BCUT2D eigenvalue weighted by atomic mass is 9.68. The molecule has 12 rings (SSSR count). The van der Waals surface area contributed by atoms with Gasteiger partial charge in [-0.3, -0.25) is 0 Å². The van der Waals surface area contributed by atoms with Crippen LogP contribution < -0.4 is 4.90 Å². The lowest BCUT2D eigenvalue weighted by Crippen LogP contribution is -2.28. The third-order valence-electron chi connectivity index (χ3n) is 12.3. The van der Waals surface area contributed by atoms with Gasteiger partial charge in [0.2, 0.25) is 0 Å². The summed E-state index contributed by atoms with van der Waals surface area (Å²) in [5.74, 6) is 0. The van der Waals surface area contributed by atoms with E-state index in [1.807, 2.05) is 11.3 Å². The molecule has 272 valence electrons. The Morgan fingerprint density at radius 2 is 0.879 bits per heavy atom. The molecule has 1 aliphatic rings. The van der Waals surface area contributed by atoms with E-state index in [9.17, 15) is 0 Å². The third kappa shape index (κ3) is 4.78. The number of hydrogen-bond acceptors (Lipinski definition) is 2. The maximum Gasteiger partial charge on any atom is 0.0713 e. The summed E-state index contributed by atoms with van der Waals surface area (Å²) in [5, 5.41) is 5.13. The zero-order valence-electron chi connectivity index (χ0n) is 31.6. The van der Waals surface area contributed by atoms with Crippen LogP contribution in [-0.4, -0.2) is 4.57 Å². The molecule has 2 heterocycles. The van der Waals surface area contributed by atoms with Gasteiger partial charge in [0.05, 0.1) is 16.4 Å². The molecule has 0 saturated heterocycles. The first-order valence-corrected chi connectivity index (χ1v) is 20.7. The Hall–Kier alpha value is -7.20. The van der Waals surface area contributed by atoms with Crippen molar-refractivity contribution >= 4 is 70.4 Å². The number of hydrogen-bond donors (Lipinski definition) is 0. The van der Waals surface area contributed by atoms with Gasteiger partial charge in [-0.2, -0.15) is 0 Å². The Morgan fingerprint density at radius 3 is 1.57 bits per heavy atom. The molecule has 11 aromatic rings. The third-order valence-corrected chi connectivity index (χ3v) is 13.4. The monoisotopic (exact) mass is 756 g/mol. The molecule has 2 aromatic heterocycles. The molecule has 0 atom stereocenters. The standard InChI is InChI=1S/C55H36N2S/c1-4-16-37(17-5-1)55(38-18-6-2-7-19-38)49-25-13-10-22-43(49)48-34-40(30-33-50(48)55)56(39-20-8-3-9-21-39)41-28-31-46-47-32-29-42(36-54(47)58-53(46)35-41)57-51-26-14-11-23-44(51)45-24-12-15-27-52(45)57/h1-36H. The Labute approximate surface area is 341 Å². The first-order chi connectivity index (χ1) is 28.8. The number of para-hydroxylation sites is 3. The summed E-state index contributed by atoms with van der Waals surface area (Å²) in [5.41, 5.74) is 14.3. The molecule has 58 heavy (non-hydrogen) atoms. The molecule has 9 aromatic carbocycles. The quantitative estimate of drug-likeness (QED) is 0.164. The van der Waals surface area contributed by atoms with E-state index in [0.717, 1.165) is 17.1 Å². The smallest absolute Gasteiger partial charge is 0.0713 e. The highest BCUT2D eigenvalue weighted by Crippen LogP contribution is 2.57. The number of fused-ring (bicyclic) bond motifs is 9. The van der Waals surface area contributed by atoms with Crippen molar-refractivity contribution in [2.75, 3.05) is 4.90 Å². The number of thiophene rings is 1. The molecule has 0 radical (unpaired) electrons.